The molecule has 0 radical (unpaired) electrons. The molecule has 5 rings (SSSR count). The van der Waals surface area contributed by atoms with E-state index < -0.39 is 0 Å². The van der Waals surface area contributed by atoms with Crippen LogP contribution < -0.4 is 16.0 Å². The molecular formula is C24H27N3O2. The second-order valence-electron chi connectivity index (χ2n) is 8.61. The van der Waals surface area contributed by atoms with Gasteiger partial charge in [0.15, 0.2) is 0 Å². The monoisotopic (exact) mass is 389 g/mol. The Labute approximate surface area is 171 Å². The minimum Gasteiger partial charge on any atom is -0.352 e. The lowest BCUT2D eigenvalue weighted by atomic mass is 9.94. The molecule has 2 aromatic rings. The third-order valence-electron chi connectivity index (χ3n) is 6.58. The van der Waals surface area contributed by atoms with Gasteiger partial charge in [0.25, 0.3) is 0 Å². The summed E-state index contributed by atoms with van der Waals surface area (Å²) in [5.41, 5.74) is 2.55. The second-order valence-corrected chi connectivity index (χ2v) is 8.61. The van der Waals surface area contributed by atoms with E-state index in [1.807, 2.05) is 36.4 Å². The van der Waals surface area contributed by atoms with Crippen molar-refractivity contribution in [1.82, 2.24) is 16.0 Å². The SMILES string of the molecule is O=C(N[C@@H]1C[C@H]1c1ccccc1)[C@H]1CNC[C@@H]1C(=O)N[C@@H]1C[C@H]1c1ccccc1. The van der Waals surface area contributed by atoms with Gasteiger partial charge < -0.3 is 16.0 Å². The predicted octanol–water partition coefficient (Wildman–Crippen LogP) is 2.17. The summed E-state index contributed by atoms with van der Waals surface area (Å²) >= 11 is 0. The number of carbonyl (C=O) groups excluding carboxylic acids is 2. The van der Waals surface area contributed by atoms with Gasteiger partial charge in [-0.2, -0.15) is 0 Å². The van der Waals surface area contributed by atoms with E-state index in [4.69, 9.17) is 0 Å². The van der Waals surface area contributed by atoms with Crippen LogP contribution in [0.4, 0.5) is 0 Å². The molecular weight excluding hydrogens is 362 g/mol. The molecule has 2 aromatic carbocycles. The predicted molar refractivity (Wildman–Crippen MR) is 111 cm³/mol. The smallest absolute Gasteiger partial charge is 0.225 e. The van der Waals surface area contributed by atoms with E-state index >= 15 is 0 Å². The summed E-state index contributed by atoms with van der Waals surface area (Å²) in [4.78, 5) is 25.7. The lowest BCUT2D eigenvalue weighted by Crippen LogP contribution is -2.43. The molecule has 0 unspecified atom stereocenters. The van der Waals surface area contributed by atoms with Crippen molar-refractivity contribution < 1.29 is 9.59 Å². The quantitative estimate of drug-likeness (QED) is 0.709. The van der Waals surface area contributed by atoms with Gasteiger partial charge in [-0.1, -0.05) is 60.7 Å². The molecule has 1 saturated heterocycles. The highest BCUT2D eigenvalue weighted by atomic mass is 16.2. The number of rotatable bonds is 6. The number of benzene rings is 2. The van der Waals surface area contributed by atoms with Gasteiger partial charge in [0.05, 0.1) is 11.8 Å². The summed E-state index contributed by atoms with van der Waals surface area (Å²) in [7, 11) is 0. The molecule has 3 aliphatic rings. The van der Waals surface area contributed by atoms with Crippen LogP contribution in [0.15, 0.2) is 60.7 Å². The first-order valence-corrected chi connectivity index (χ1v) is 10.6. The zero-order valence-corrected chi connectivity index (χ0v) is 16.4. The van der Waals surface area contributed by atoms with Gasteiger partial charge >= 0.3 is 0 Å². The molecule has 150 valence electrons. The average Bonchev–Trinajstić information content (AvgIpc) is 3.65. The van der Waals surface area contributed by atoms with Gasteiger partial charge in [0.2, 0.25) is 11.8 Å². The molecule has 2 saturated carbocycles. The minimum atomic E-state index is -0.291. The molecule has 2 aliphatic carbocycles. The van der Waals surface area contributed by atoms with Gasteiger partial charge in [-0.25, -0.2) is 0 Å². The number of nitrogens with one attached hydrogen (secondary N) is 3. The lowest BCUT2D eigenvalue weighted by molar-refractivity contribution is -0.133. The van der Waals surface area contributed by atoms with Crippen LogP contribution >= 0.6 is 0 Å². The largest absolute Gasteiger partial charge is 0.352 e. The van der Waals surface area contributed by atoms with Crippen molar-refractivity contribution in [2.45, 2.75) is 36.8 Å². The summed E-state index contributed by atoms with van der Waals surface area (Å²) in [5, 5.41) is 9.58. The third-order valence-corrected chi connectivity index (χ3v) is 6.58. The highest BCUT2D eigenvalue weighted by molar-refractivity contribution is 5.89. The Morgan fingerprint density at radius 2 is 1.10 bits per heavy atom. The summed E-state index contributed by atoms with van der Waals surface area (Å²) in [6, 6.07) is 21.0. The van der Waals surface area contributed by atoms with Crippen LogP contribution in [0.1, 0.15) is 35.8 Å². The first-order valence-electron chi connectivity index (χ1n) is 10.6. The Morgan fingerprint density at radius 1 is 0.690 bits per heavy atom. The normalized spacial score (nSPS) is 32.4. The van der Waals surface area contributed by atoms with Crippen molar-refractivity contribution >= 4 is 11.8 Å². The molecule has 0 spiro atoms. The third kappa shape index (κ3) is 3.92. The van der Waals surface area contributed by atoms with E-state index in [0.717, 1.165) is 12.8 Å². The van der Waals surface area contributed by atoms with Crippen LogP contribution in [0.2, 0.25) is 0 Å². The lowest BCUT2D eigenvalue weighted by Gasteiger charge is -2.18. The van der Waals surface area contributed by atoms with Crippen LogP contribution in [0.25, 0.3) is 0 Å². The Hall–Kier alpha value is -2.66. The number of carbonyl (C=O) groups is 2. The van der Waals surface area contributed by atoms with Crippen LogP contribution in [-0.2, 0) is 9.59 Å². The van der Waals surface area contributed by atoms with Crippen LogP contribution in [0, 0.1) is 11.8 Å². The fourth-order valence-electron chi connectivity index (χ4n) is 4.66. The molecule has 3 fully saturated rings. The number of amides is 2. The Kier molecular flexibility index (Phi) is 4.84. The van der Waals surface area contributed by atoms with Crippen molar-refractivity contribution in [1.29, 1.82) is 0 Å². The zero-order valence-electron chi connectivity index (χ0n) is 16.4. The molecule has 3 N–H and O–H groups in total. The first kappa shape index (κ1) is 18.4. The zero-order chi connectivity index (χ0) is 19.8. The van der Waals surface area contributed by atoms with E-state index in [0.29, 0.717) is 24.9 Å². The van der Waals surface area contributed by atoms with Crippen molar-refractivity contribution in [3.8, 4) is 0 Å². The Balaban J connectivity index is 1.14. The van der Waals surface area contributed by atoms with Gasteiger partial charge in [-0.15, -0.1) is 0 Å². The Morgan fingerprint density at radius 3 is 1.52 bits per heavy atom. The summed E-state index contributed by atoms with van der Waals surface area (Å²) in [6.07, 6.45) is 1.96. The molecule has 29 heavy (non-hydrogen) atoms. The minimum absolute atomic E-state index is 0.00832. The van der Waals surface area contributed by atoms with E-state index in [-0.39, 0.29) is 35.7 Å². The Bertz CT molecular complexity index is 812. The van der Waals surface area contributed by atoms with Gasteiger partial charge in [-0.3, -0.25) is 9.59 Å². The molecule has 0 bridgehead atoms. The highest BCUT2D eigenvalue weighted by Crippen LogP contribution is 2.42. The summed E-state index contributed by atoms with van der Waals surface area (Å²) < 4.78 is 0. The fourth-order valence-corrected chi connectivity index (χ4v) is 4.66. The van der Waals surface area contributed by atoms with Crippen molar-refractivity contribution in [2.75, 3.05) is 13.1 Å². The molecule has 6 atom stereocenters. The standard InChI is InChI=1S/C24H27N3O2/c28-23(26-21-11-17(21)15-7-3-1-4-8-15)19-13-25-14-20(19)24(29)27-22-12-18(22)16-9-5-2-6-10-16/h1-10,17-22,25H,11-14H2,(H,26,28)(H,27,29)/t17-,18-,19-,20-,21+,22+/m0/s1. The van der Waals surface area contributed by atoms with Crippen LogP contribution in [0.5, 0.6) is 0 Å². The number of hydrogen-bond acceptors (Lipinski definition) is 3. The molecule has 1 aliphatic heterocycles. The average molecular weight is 389 g/mol. The molecule has 2 amide bonds. The van der Waals surface area contributed by atoms with E-state index in [2.05, 4.69) is 40.2 Å². The molecule has 1 heterocycles. The molecule has 5 nitrogen and oxygen atoms in total. The van der Waals surface area contributed by atoms with E-state index in [1.54, 1.807) is 0 Å². The first-order chi connectivity index (χ1) is 14.2. The van der Waals surface area contributed by atoms with Crippen molar-refractivity contribution in [3.05, 3.63) is 71.8 Å². The van der Waals surface area contributed by atoms with Crippen LogP contribution in [0.3, 0.4) is 0 Å². The molecule has 0 aromatic heterocycles. The van der Waals surface area contributed by atoms with Gasteiger partial charge in [-0.05, 0) is 24.0 Å². The second kappa shape index (κ2) is 7.64. The highest BCUT2D eigenvalue weighted by Gasteiger charge is 2.46. The topological polar surface area (TPSA) is 70.2 Å². The summed E-state index contributed by atoms with van der Waals surface area (Å²) in [5.74, 6) is 0.240. The van der Waals surface area contributed by atoms with Crippen LogP contribution in [-0.4, -0.2) is 37.0 Å². The van der Waals surface area contributed by atoms with E-state index in [1.165, 1.54) is 11.1 Å². The van der Waals surface area contributed by atoms with Crippen molar-refractivity contribution in [2.24, 2.45) is 11.8 Å². The maximum atomic E-state index is 12.8. The van der Waals surface area contributed by atoms with Gasteiger partial charge in [0.1, 0.15) is 0 Å². The number of hydrogen-bond donors (Lipinski definition) is 3. The van der Waals surface area contributed by atoms with E-state index in [9.17, 15) is 9.59 Å². The summed E-state index contributed by atoms with van der Waals surface area (Å²) in [6.45, 7) is 1.14. The maximum Gasteiger partial charge on any atom is 0.225 e. The fraction of sp³-hybridized carbons (Fsp3) is 0.417. The van der Waals surface area contributed by atoms with Crippen molar-refractivity contribution in [3.63, 3.8) is 0 Å². The maximum absolute atomic E-state index is 12.8. The molecule has 5 heteroatoms. The van der Waals surface area contributed by atoms with Gasteiger partial charge in [0, 0.05) is 37.0 Å².